The zero-order valence-electron chi connectivity index (χ0n) is 17.6. The Hall–Kier alpha value is -1.35. The van der Waals surface area contributed by atoms with Gasteiger partial charge in [-0.05, 0) is 72.3 Å². The van der Waals surface area contributed by atoms with Crippen LogP contribution in [0.4, 0.5) is 0 Å². The Kier molecular flexibility index (Phi) is 4.39. The molecule has 28 heavy (non-hydrogen) atoms. The van der Waals surface area contributed by atoms with Crippen molar-refractivity contribution >= 4 is 5.91 Å². The summed E-state index contributed by atoms with van der Waals surface area (Å²) in [7, 11) is 0. The second-order valence-electron chi connectivity index (χ2n) is 10.7. The lowest BCUT2D eigenvalue weighted by atomic mass is 9.41. The van der Waals surface area contributed by atoms with E-state index in [0.29, 0.717) is 37.3 Å². The van der Waals surface area contributed by atoms with Gasteiger partial charge in [0.15, 0.2) is 0 Å². The third-order valence-electron chi connectivity index (χ3n) is 9.07. The van der Waals surface area contributed by atoms with Crippen LogP contribution in [0.3, 0.4) is 0 Å². The van der Waals surface area contributed by atoms with Gasteiger partial charge in [0.2, 0.25) is 5.91 Å². The molecule has 6 rings (SSSR count). The summed E-state index contributed by atoms with van der Waals surface area (Å²) in [6.45, 7) is 8.01. The molecular formula is C25H35NO2. The van der Waals surface area contributed by atoms with Crippen LogP contribution in [0, 0.1) is 29.6 Å². The third-order valence-corrected chi connectivity index (χ3v) is 9.07. The van der Waals surface area contributed by atoms with Gasteiger partial charge in [-0.2, -0.15) is 0 Å². The molecule has 1 amide bonds. The van der Waals surface area contributed by atoms with E-state index >= 15 is 0 Å². The lowest BCUT2D eigenvalue weighted by Crippen LogP contribution is -2.61. The Morgan fingerprint density at radius 2 is 1.61 bits per heavy atom. The van der Waals surface area contributed by atoms with Gasteiger partial charge in [-0.3, -0.25) is 4.79 Å². The smallest absolute Gasteiger partial charge is 0.223 e. The highest BCUT2D eigenvalue weighted by atomic mass is 16.3. The number of hydrogen-bond donors (Lipinski definition) is 1. The first kappa shape index (κ1) is 18.7. The van der Waals surface area contributed by atoms with Crippen LogP contribution < -0.4 is 0 Å². The maximum absolute atomic E-state index is 13.2. The summed E-state index contributed by atoms with van der Waals surface area (Å²) in [5.41, 5.74) is 2.81. The van der Waals surface area contributed by atoms with E-state index in [1.807, 2.05) is 4.90 Å². The van der Waals surface area contributed by atoms with Crippen molar-refractivity contribution in [2.45, 2.75) is 70.3 Å². The molecule has 0 radical (unpaired) electrons. The minimum atomic E-state index is -0.315. The molecule has 1 saturated heterocycles. The highest BCUT2D eigenvalue weighted by Crippen LogP contribution is 2.65. The normalized spacial score (nSPS) is 39.5. The molecule has 1 aromatic carbocycles. The minimum absolute atomic E-state index is 0.0142. The van der Waals surface area contributed by atoms with E-state index in [9.17, 15) is 9.90 Å². The van der Waals surface area contributed by atoms with Gasteiger partial charge < -0.3 is 10.0 Å². The number of benzene rings is 1. The van der Waals surface area contributed by atoms with Crippen molar-refractivity contribution in [2.24, 2.45) is 29.6 Å². The molecule has 4 aliphatic carbocycles. The largest absolute Gasteiger partial charge is 0.389 e. The molecule has 4 bridgehead atoms. The number of aliphatic hydroxyl groups is 1. The quantitative estimate of drug-likeness (QED) is 0.843. The van der Waals surface area contributed by atoms with E-state index in [1.165, 1.54) is 36.8 Å². The molecule has 1 heterocycles. The van der Waals surface area contributed by atoms with Gasteiger partial charge in [-0.15, -0.1) is 0 Å². The number of carbonyl (C=O) groups excluding carboxylic acids is 1. The Morgan fingerprint density at radius 1 is 1.07 bits per heavy atom. The summed E-state index contributed by atoms with van der Waals surface area (Å²) in [6.07, 6.45) is 5.53. The van der Waals surface area contributed by atoms with Crippen LogP contribution in [0.15, 0.2) is 24.3 Å². The van der Waals surface area contributed by atoms with E-state index in [2.05, 4.69) is 45.0 Å². The van der Waals surface area contributed by atoms with Gasteiger partial charge >= 0.3 is 0 Å². The maximum atomic E-state index is 13.2. The van der Waals surface area contributed by atoms with Crippen molar-refractivity contribution < 1.29 is 9.90 Å². The molecule has 4 saturated carbocycles. The predicted molar refractivity (Wildman–Crippen MR) is 111 cm³/mol. The zero-order chi connectivity index (χ0) is 19.6. The molecule has 1 aliphatic heterocycles. The highest BCUT2D eigenvalue weighted by Gasteiger charge is 2.60. The summed E-state index contributed by atoms with van der Waals surface area (Å²) in [5, 5.41) is 9.67. The molecule has 3 nitrogen and oxygen atoms in total. The standard InChI is InChI=1S/C25H35NO2/c1-15(2)17-4-6-20(7-5-17)25(12-24(28)26-13-23(27)14-26)21-8-18-9-22(25)11-19(10-21)16(18)3/h4-7,15-16,18-19,21-23,27H,8-14H2,1-3H3. The van der Waals surface area contributed by atoms with Crippen molar-refractivity contribution in [3.05, 3.63) is 35.4 Å². The van der Waals surface area contributed by atoms with Gasteiger partial charge in [-0.1, -0.05) is 45.0 Å². The molecule has 3 heteroatoms. The zero-order valence-corrected chi connectivity index (χ0v) is 17.6. The maximum Gasteiger partial charge on any atom is 0.223 e. The van der Waals surface area contributed by atoms with Gasteiger partial charge in [0.1, 0.15) is 0 Å². The first-order valence-electron chi connectivity index (χ1n) is 11.4. The van der Waals surface area contributed by atoms with Crippen molar-refractivity contribution in [3.8, 4) is 0 Å². The average molecular weight is 382 g/mol. The number of nitrogens with zero attached hydrogens (tertiary/aromatic N) is 1. The highest BCUT2D eigenvalue weighted by molar-refractivity contribution is 5.79. The van der Waals surface area contributed by atoms with Crippen molar-refractivity contribution in [1.82, 2.24) is 4.90 Å². The minimum Gasteiger partial charge on any atom is -0.389 e. The van der Waals surface area contributed by atoms with Gasteiger partial charge in [0, 0.05) is 24.9 Å². The summed E-state index contributed by atoms with van der Waals surface area (Å²) >= 11 is 0. The number of β-amino-alcohol motifs (C(OH)–C–C–N with tert-alkyl or cyclic N) is 1. The number of carbonyl (C=O) groups is 1. The molecule has 5 fully saturated rings. The molecule has 0 spiro atoms. The number of aliphatic hydroxyl groups excluding tert-OH is 1. The second-order valence-corrected chi connectivity index (χ2v) is 10.7. The molecule has 1 aromatic rings. The van der Waals surface area contributed by atoms with E-state index in [1.54, 1.807) is 0 Å². The van der Waals surface area contributed by atoms with Crippen LogP contribution in [0.2, 0.25) is 0 Å². The third kappa shape index (κ3) is 2.69. The Labute approximate surface area is 169 Å². The fourth-order valence-corrected chi connectivity index (χ4v) is 7.33. The van der Waals surface area contributed by atoms with Crippen LogP contribution in [-0.2, 0) is 10.2 Å². The molecular weight excluding hydrogens is 346 g/mol. The number of rotatable bonds is 4. The van der Waals surface area contributed by atoms with Crippen LogP contribution in [0.25, 0.3) is 0 Å². The topological polar surface area (TPSA) is 40.5 Å². The monoisotopic (exact) mass is 381 g/mol. The number of hydrogen-bond acceptors (Lipinski definition) is 2. The second kappa shape index (κ2) is 6.58. The molecule has 1 N–H and O–H groups in total. The van der Waals surface area contributed by atoms with E-state index < -0.39 is 0 Å². The van der Waals surface area contributed by atoms with Crippen molar-refractivity contribution in [2.75, 3.05) is 13.1 Å². The summed E-state index contributed by atoms with van der Waals surface area (Å²) < 4.78 is 0. The molecule has 5 aliphatic rings. The Bertz CT molecular complexity index is 716. The predicted octanol–water partition coefficient (Wildman–Crippen LogP) is 4.34. The number of likely N-dealkylation sites (tertiary alicyclic amines) is 1. The molecule has 0 unspecified atom stereocenters. The lowest BCUT2D eigenvalue weighted by molar-refractivity contribution is -0.151. The summed E-state index contributed by atoms with van der Waals surface area (Å²) in [5.74, 6) is 4.69. The van der Waals surface area contributed by atoms with Gasteiger partial charge in [0.25, 0.3) is 0 Å². The SMILES string of the molecule is CC(C)c1ccc(C2(CC(=O)N3CC(O)C3)C3CC4CC2CC(C3)C4C)cc1. The first-order valence-corrected chi connectivity index (χ1v) is 11.4. The lowest BCUT2D eigenvalue weighted by Gasteiger charge is -2.64. The van der Waals surface area contributed by atoms with Crippen molar-refractivity contribution in [1.29, 1.82) is 0 Å². The fraction of sp³-hybridized carbons (Fsp3) is 0.720. The summed E-state index contributed by atoms with van der Waals surface area (Å²) in [4.78, 5) is 15.1. The van der Waals surface area contributed by atoms with Crippen molar-refractivity contribution in [3.63, 3.8) is 0 Å². The van der Waals surface area contributed by atoms with Gasteiger partial charge in [-0.25, -0.2) is 0 Å². The van der Waals surface area contributed by atoms with Crippen LogP contribution in [0.5, 0.6) is 0 Å². The van der Waals surface area contributed by atoms with E-state index in [0.717, 1.165) is 17.8 Å². The fourth-order valence-electron chi connectivity index (χ4n) is 7.33. The molecule has 0 aromatic heterocycles. The van der Waals surface area contributed by atoms with Gasteiger partial charge in [0.05, 0.1) is 6.10 Å². The molecule has 152 valence electrons. The van der Waals surface area contributed by atoms with E-state index in [-0.39, 0.29) is 17.4 Å². The van der Waals surface area contributed by atoms with Crippen LogP contribution in [0.1, 0.15) is 69.9 Å². The first-order chi connectivity index (χ1) is 13.4. The van der Waals surface area contributed by atoms with Crippen LogP contribution in [-0.4, -0.2) is 35.1 Å². The van der Waals surface area contributed by atoms with E-state index in [4.69, 9.17) is 0 Å². The number of amides is 1. The Balaban J connectivity index is 1.51. The Morgan fingerprint density at radius 3 is 2.07 bits per heavy atom. The average Bonchev–Trinajstić information content (AvgIpc) is 2.63. The van der Waals surface area contributed by atoms with Crippen LogP contribution >= 0.6 is 0 Å². The molecule has 0 atom stereocenters. The summed E-state index contributed by atoms with van der Waals surface area (Å²) in [6, 6.07) is 9.29.